The van der Waals surface area contributed by atoms with Gasteiger partial charge in [-0.3, -0.25) is 0 Å². The lowest BCUT2D eigenvalue weighted by atomic mass is 10.2. The average molecular weight is 279 g/mol. The summed E-state index contributed by atoms with van der Waals surface area (Å²) in [4.78, 5) is 0. The van der Waals surface area contributed by atoms with E-state index >= 15 is 0 Å². The summed E-state index contributed by atoms with van der Waals surface area (Å²) in [5.74, 6) is 0. The van der Waals surface area contributed by atoms with E-state index in [1.54, 1.807) is 0 Å². The first-order valence-electron chi connectivity index (χ1n) is 6.58. The number of hydrogen-bond acceptors (Lipinski definition) is 0. The molecule has 0 aliphatic carbocycles. The zero-order valence-corrected chi connectivity index (χ0v) is 12.5. The fourth-order valence-electron chi connectivity index (χ4n) is 2.03. The fraction of sp³-hybridized carbons (Fsp3) is 1.00. The van der Waals surface area contributed by atoms with Crippen molar-refractivity contribution in [3.05, 3.63) is 0 Å². The highest BCUT2D eigenvalue weighted by molar-refractivity contribution is 9.09. The molecule has 0 unspecified atom stereocenters. The summed E-state index contributed by atoms with van der Waals surface area (Å²) < 4.78 is 1.27. The van der Waals surface area contributed by atoms with Crippen LogP contribution in [0.2, 0.25) is 0 Å². The third kappa shape index (κ3) is 8.27. The van der Waals surface area contributed by atoms with E-state index in [1.807, 2.05) is 0 Å². The van der Waals surface area contributed by atoms with Crippen LogP contribution in [0.5, 0.6) is 0 Å². The van der Waals surface area contributed by atoms with Crippen LogP contribution < -0.4 is 0 Å². The second kappa shape index (κ2) is 9.65. The van der Waals surface area contributed by atoms with E-state index in [0.717, 1.165) is 5.33 Å². The zero-order valence-electron chi connectivity index (χ0n) is 10.9. The lowest BCUT2D eigenvalue weighted by Gasteiger charge is -2.34. The Bertz CT molecular complexity index is 126. The number of unbranched alkanes of at least 4 members (excludes halogenated alkanes) is 4. The zero-order chi connectivity index (χ0) is 11.6. The number of rotatable bonds is 10. The third-order valence-corrected chi connectivity index (χ3v) is 3.58. The average Bonchev–Trinajstić information content (AvgIpc) is 2.19. The molecule has 0 radical (unpaired) electrons. The first-order valence-corrected chi connectivity index (χ1v) is 7.70. The molecular formula is C13H29BrN+. The van der Waals surface area contributed by atoms with Gasteiger partial charge in [0.2, 0.25) is 0 Å². The van der Waals surface area contributed by atoms with Crippen molar-refractivity contribution in [1.82, 2.24) is 0 Å². The number of alkyl halides is 1. The normalized spacial score (nSPS) is 12.0. The minimum absolute atomic E-state index is 1.14. The van der Waals surface area contributed by atoms with Crippen LogP contribution >= 0.6 is 15.9 Å². The monoisotopic (exact) mass is 278 g/mol. The second-order valence-electron chi connectivity index (χ2n) is 4.89. The van der Waals surface area contributed by atoms with E-state index in [2.05, 4.69) is 36.8 Å². The van der Waals surface area contributed by atoms with E-state index in [0.29, 0.717) is 0 Å². The largest absolute Gasteiger partial charge is 0.325 e. The van der Waals surface area contributed by atoms with Crippen molar-refractivity contribution < 1.29 is 4.48 Å². The molecule has 0 heterocycles. The van der Waals surface area contributed by atoms with E-state index in [4.69, 9.17) is 0 Å². The van der Waals surface area contributed by atoms with Crippen LogP contribution in [0.4, 0.5) is 0 Å². The van der Waals surface area contributed by atoms with Gasteiger partial charge in [0.25, 0.3) is 0 Å². The van der Waals surface area contributed by atoms with Gasteiger partial charge < -0.3 is 4.48 Å². The smallest absolute Gasteiger partial charge is 0.0883 e. The molecule has 2 heteroatoms. The lowest BCUT2D eigenvalue weighted by molar-refractivity contribution is -0.907. The molecule has 0 aromatic rings. The van der Waals surface area contributed by atoms with Gasteiger partial charge in [-0.05, 0) is 25.7 Å². The van der Waals surface area contributed by atoms with Gasteiger partial charge in [-0.2, -0.15) is 0 Å². The predicted molar refractivity (Wildman–Crippen MR) is 73.6 cm³/mol. The van der Waals surface area contributed by atoms with Crippen LogP contribution in [0, 0.1) is 0 Å². The molecule has 0 aromatic carbocycles. The Labute approximate surface area is 105 Å². The summed E-state index contributed by atoms with van der Waals surface area (Å²) in [7, 11) is 2.42. The van der Waals surface area contributed by atoms with Crippen molar-refractivity contribution in [3.8, 4) is 0 Å². The van der Waals surface area contributed by atoms with E-state index in [-0.39, 0.29) is 0 Å². The van der Waals surface area contributed by atoms with Crippen molar-refractivity contribution >= 4 is 15.9 Å². The molecular weight excluding hydrogens is 250 g/mol. The standard InChI is InChI=1S/C13H29BrN/c1-4-6-8-11-15(3,13-10-14)12-9-7-5-2/h4-13H2,1-3H3/q+1. The Kier molecular flexibility index (Phi) is 9.93. The fourth-order valence-corrected chi connectivity index (χ4v) is 2.88. The topological polar surface area (TPSA) is 0 Å². The maximum Gasteiger partial charge on any atom is 0.0883 e. The first kappa shape index (κ1) is 15.4. The minimum atomic E-state index is 1.14. The van der Waals surface area contributed by atoms with Crippen LogP contribution in [-0.4, -0.2) is 36.5 Å². The SMILES string of the molecule is CCCCC[N+](C)(CCBr)CCCCC. The first-order chi connectivity index (χ1) is 7.18. The van der Waals surface area contributed by atoms with E-state index in [9.17, 15) is 0 Å². The molecule has 0 spiro atoms. The summed E-state index contributed by atoms with van der Waals surface area (Å²) in [6.07, 6.45) is 8.25. The van der Waals surface area contributed by atoms with Gasteiger partial charge in [-0.1, -0.05) is 42.6 Å². The quantitative estimate of drug-likeness (QED) is 0.319. The molecule has 0 aliphatic rings. The molecule has 0 saturated carbocycles. The number of nitrogens with zero attached hydrogens (tertiary/aromatic N) is 1. The van der Waals surface area contributed by atoms with Crippen molar-refractivity contribution in [2.75, 3.05) is 32.0 Å². The van der Waals surface area contributed by atoms with E-state index < -0.39 is 0 Å². The van der Waals surface area contributed by atoms with Gasteiger partial charge in [0.05, 0.1) is 32.0 Å². The van der Waals surface area contributed by atoms with Gasteiger partial charge in [0, 0.05) is 0 Å². The summed E-state index contributed by atoms with van der Waals surface area (Å²) in [5, 5.41) is 1.14. The lowest BCUT2D eigenvalue weighted by Crippen LogP contribution is -2.46. The van der Waals surface area contributed by atoms with Gasteiger partial charge >= 0.3 is 0 Å². The molecule has 0 aromatic heterocycles. The highest BCUT2D eigenvalue weighted by Crippen LogP contribution is 2.11. The van der Waals surface area contributed by atoms with Crippen molar-refractivity contribution in [3.63, 3.8) is 0 Å². The molecule has 0 atom stereocenters. The molecule has 15 heavy (non-hydrogen) atoms. The predicted octanol–water partition coefficient (Wildman–Crippen LogP) is 4.21. The molecule has 92 valence electrons. The van der Waals surface area contributed by atoms with Crippen LogP contribution in [0.25, 0.3) is 0 Å². The molecule has 0 amide bonds. The van der Waals surface area contributed by atoms with Crippen molar-refractivity contribution in [1.29, 1.82) is 0 Å². The Morgan fingerprint density at radius 1 is 0.800 bits per heavy atom. The summed E-state index contributed by atoms with van der Waals surface area (Å²) in [6, 6.07) is 0. The highest BCUT2D eigenvalue weighted by Gasteiger charge is 2.19. The number of halogens is 1. The Hall–Kier alpha value is 0.440. The summed E-state index contributed by atoms with van der Waals surface area (Å²) in [5.41, 5.74) is 0. The highest BCUT2D eigenvalue weighted by atomic mass is 79.9. The van der Waals surface area contributed by atoms with Crippen molar-refractivity contribution in [2.45, 2.75) is 52.4 Å². The second-order valence-corrected chi connectivity index (χ2v) is 5.69. The summed E-state index contributed by atoms with van der Waals surface area (Å²) in [6.45, 7) is 8.58. The van der Waals surface area contributed by atoms with Gasteiger partial charge in [0.15, 0.2) is 0 Å². The molecule has 0 rings (SSSR count). The van der Waals surface area contributed by atoms with E-state index in [1.165, 1.54) is 62.6 Å². The Balaban J connectivity index is 3.83. The van der Waals surface area contributed by atoms with Crippen LogP contribution in [0.3, 0.4) is 0 Å². The van der Waals surface area contributed by atoms with Crippen LogP contribution in [0.15, 0.2) is 0 Å². The Morgan fingerprint density at radius 2 is 1.27 bits per heavy atom. The number of quaternary nitrogens is 1. The molecule has 0 fully saturated rings. The third-order valence-electron chi connectivity index (χ3n) is 3.23. The van der Waals surface area contributed by atoms with Crippen LogP contribution in [-0.2, 0) is 0 Å². The van der Waals surface area contributed by atoms with Gasteiger partial charge in [-0.25, -0.2) is 0 Å². The molecule has 1 nitrogen and oxygen atoms in total. The Morgan fingerprint density at radius 3 is 1.60 bits per heavy atom. The maximum atomic E-state index is 3.59. The van der Waals surface area contributed by atoms with Crippen LogP contribution in [0.1, 0.15) is 52.4 Å². The molecule has 0 aliphatic heterocycles. The maximum absolute atomic E-state index is 3.59. The molecule has 0 bridgehead atoms. The number of hydrogen-bond donors (Lipinski definition) is 0. The van der Waals surface area contributed by atoms with Gasteiger partial charge in [-0.15, -0.1) is 0 Å². The molecule has 0 N–H and O–H groups in total. The van der Waals surface area contributed by atoms with Gasteiger partial charge in [0.1, 0.15) is 0 Å². The minimum Gasteiger partial charge on any atom is -0.325 e. The molecule has 0 saturated heterocycles. The summed E-state index contributed by atoms with van der Waals surface area (Å²) >= 11 is 3.59. The van der Waals surface area contributed by atoms with Crippen molar-refractivity contribution in [2.24, 2.45) is 0 Å².